The van der Waals surface area contributed by atoms with Gasteiger partial charge in [-0.05, 0) is 47.7 Å². The van der Waals surface area contributed by atoms with Crippen molar-refractivity contribution in [2.24, 2.45) is 17.4 Å². The maximum Gasteiger partial charge on any atom is 0.226 e. The second kappa shape index (κ2) is 8.93. The molecular formula is C26H31N7O. The summed E-state index contributed by atoms with van der Waals surface area (Å²) in [4.78, 5) is 14.1. The van der Waals surface area contributed by atoms with Gasteiger partial charge in [-0.3, -0.25) is 14.5 Å². The first-order valence-corrected chi connectivity index (χ1v) is 11.8. The topological polar surface area (TPSA) is 78.1 Å². The molecule has 8 nitrogen and oxygen atoms in total. The third-order valence-corrected chi connectivity index (χ3v) is 6.78. The van der Waals surface area contributed by atoms with Crippen LogP contribution in [0.5, 0.6) is 0 Å². The summed E-state index contributed by atoms with van der Waals surface area (Å²) in [5, 5.41) is 19.2. The minimum Gasteiger partial charge on any atom is -0.378 e. The van der Waals surface area contributed by atoms with Crippen molar-refractivity contribution in [3.05, 3.63) is 71.5 Å². The number of hydrogen-bond donors (Lipinski definition) is 1. The monoisotopic (exact) mass is 457 g/mol. The molecule has 2 aliphatic rings. The second-order valence-corrected chi connectivity index (χ2v) is 9.41. The van der Waals surface area contributed by atoms with Gasteiger partial charge in [-0.1, -0.05) is 35.6 Å². The van der Waals surface area contributed by atoms with Crippen LogP contribution in [0, 0.1) is 0 Å². The van der Waals surface area contributed by atoms with Crippen molar-refractivity contribution in [1.29, 1.82) is 0 Å². The highest BCUT2D eigenvalue weighted by molar-refractivity contribution is 5.80. The van der Waals surface area contributed by atoms with Crippen LogP contribution < -0.4 is 5.32 Å². The molecule has 8 heteroatoms. The van der Waals surface area contributed by atoms with E-state index in [1.54, 1.807) is 19.0 Å². The van der Waals surface area contributed by atoms with Gasteiger partial charge in [0.1, 0.15) is 0 Å². The van der Waals surface area contributed by atoms with E-state index in [1.165, 1.54) is 11.1 Å². The molecule has 3 atom stereocenters. The zero-order valence-electron chi connectivity index (χ0n) is 20.1. The molecule has 5 rings (SSSR count). The standard InChI is InChI=1S/C26H31N7O/c1-17-26-21-10-9-18(20-15-27-32(4)16-20)13-22(21)24(11-12-33(26)30-29-17)28-23-8-6-5-7-19(23)14-25(34)31(2)3/h5-10,13,15-17,24,26,28H,11-12,14H2,1-4H3. The number of fused-ring (bicyclic) bond motifs is 3. The lowest BCUT2D eigenvalue weighted by atomic mass is 9.90. The highest BCUT2D eigenvalue weighted by Crippen LogP contribution is 2.42. The smallest absolute Gasteiger partial charge is 0.226 e. The number of nitrogens with one attached hydrogen (secondary N) is 1. The minimum atomic E-state index is 0.0789. The number of rotatable bonds is 5. The number of carbonyl (C=O) groups excluding carboxylic acids is 1. The molecule has 1 N–H and O–H groups in total. The first-order chi connectivity index (χ1) is 16.4. The van der Waals surface area contributed by atoms with Gasteiger partial charge in [0.2, 0.25) is 5.91 Å². The Balaban J connectivity index is 1.54. The molecule has 0 radical (unpaired) electrons. The number of carbonyl (C=O) groups is 1. The summed E-state index contributed by atoms with van der Waals surface area (Å²) < 4.78 is 1.83. The SMILES string of the molecule is CC1N=NN2CCC(Nc3ccccc3CC(=O)N(C)C)c3cc(-c4cnn(C)c4)ccc3C12. The molecule has 0 fully saturated rings. The van der Waals surface area contributed by atoms with Crippen LogP contribution in [0.25, 0.3) is 11.1 Å². The number of benzene rings is 2. The van der Waals surface area contributed by atoms with Gasteiger partial charge in [-0.2, -0.15) is 10.2 Å². The Kier molecular flexibility index (Phi) is 5.81. The molecule has 176 valence electrons. The Hall–Kier alpha value is -3.68. The Bertz CT molecular complexity index is 1230. The molecule has 0 saturated carbocycles. The zero-order valence-corrected chi connectivity index (χ0v) is 20.1. The summed E-state index contributed by atoms with van der Waals surface area (Å²) in [5.74, 6) is 0.0873. The number of aromatic nitrogens is 2. The average molecular weight is 458 g/mol. The van der Waals surface area contributed by atoms with Crippen LogP contribution in [0.2, 0.25) is 0 Å². The van der Waals surface area contributed by atoms with Crippen LogP contribution in [-0.2, 0) is 18.3 Å². The normalized spacial score (nSPS) is 21.1. The van der Waals surface area contributed by atoms with Crippen LogP contribution >= 0.6 is 0 Å². The van der Waals surface area contributed by atoms with Crippen LogP contribution in [0.15, 0.2) is 65.2 Å². The number of para-hydroxylation sites is 1. The molecule has 3 aromatic rings. The Morgan fingerprint density at radius 3 is 2.74 bits per heavy atom. The Morgan fingerprint density at radius 2 is 1.97 bits per heavy atom. The molecule has 0 bridgehead atoms. The van der Waals surface area contributed by atoms with Gasteiger partial charge in [-0.25, -0.2) is 0 Å². The fraction of sp³-hybridized carbons (Fsp3) is 0.385. The minimum absolute atomic E-state index is 0.0789. The lowest BCUT2D eigenvalue weighted by molar-refractivity contribution is -0.127. The summed E-state index contributed by atoms with van der Waals surface area (Å²) in [6.07, 6.45) is 5.18. The summed E-state index contributed by atoms with van der Waals surface area (Å²) in [6.45, 7) is 2.94. The highest BCUT2D eigenvalue weighted by atomic mass is 16.2. The van der Waals surface area contributed by atoms with E-state index in [-0.39, 0.29) is 24.0 Å². The van der Waals surface area contributed by atoms with Crippen LogP contribution in [0.4, 0.5) is 5.69 Å². The Labute approximate surface area is 200 Å². The summed E-state index contributed by atoms with van der Waals surface area (Å²) >= 11 is 0. The largest absolute Gasteiger partial charge is 0.378 e. The van der Waals surface area contributed by atoms with Gasteiger partial charge >= 0.3 is 0 Å². The predicted octanol–water partition coefficient (Wildman–Crippen LogP) is 4.39. The maximum absolute atomic E-state index is 12.4. The van der Waals surface area contributed by atoms with E-state index in [2.05, 4.69) is 57.0 Å². The molecule has 2 aliphatic heterocycles. The average Bonchev–Trinajstić information content (AvgIpc) is 3.38. The van der Waals surface area contributed by atoms with Gasteiger partial charge in [-0.15, -0.1) is 0 Å². The fourth-order valence-electron chi connectivity index (χ4n) is 4.91. The van der Waals surface area contributed by atoms with Crippen molar-refractivity contribution in [3.63, 3.8) is 0 Å². The fourth-order valence-corrected chi connectivity index (χ4v) is 4.91. The quantitative estimate of drug-likeness (QED) is 0.617. The van der Waals surface area contributed by atoms with Crippen molar-refractivity contribution < 1.29 is 4.79 Å². The van der Waals surface area contributed by atoms with Gasteiger partial charge in [0.05, 0.1) is 30.7 Å². The number of anilines is 1. The molecule has 3 unspecified atom stereocenters. The first kappa shape index (κ1) is 22.1. The van der Waals surface area contributed by atoms with Crippen LogP contribution in [0.3, 0.4) is 0 Å². The summed E-state index contributed by atoms with van der Waals surface area (Å²) in [5.41, 5.74) is 6.74. The van der Waals surface area contributed by atoms with Crippen LogP contribution in [-0.4, -0.2) is 52.3 Å². The van der Waals surface area contributed by atoms with Crippen molar-refractivity contribution >= 4 is 11.6 Å². The van der Waals surface area contributed by atoms with Gasteiger partial charge in [0.25, 0.3) is 0 Å². The van der Waals surface area contributed by atoms with E-state index in [0.29, 0.717) is 6.42 Å². The molecule has 2 aromatic carbocycles. The number of aryl methyl sites for hydroxylation is 1. The van der Waals surface area contributed by atoms with Gasteiger partial charge in [0.15, 0.2) is 0 Å². The van der Waals surface area contributed by atoms with Crippen molar-refractivity contribution in [1.82, 2.24) is 19.7 Å². The predicted molar refractivity (Wildman–Crippen MR) is 132 cm³/mol. The molecule has 34 heavy (non-hydrogen) atoms. The molecule has 1 aromatic heterocycles. The summed E-state index contributed by atoms with van der Waals surface area (Å²) in [6, 6.07) is 15.1. The molecule has 0 aliphatic carbocycles. The van der Waals surface area contributed by atoms with E-state index in [4.69, 9.17) is 0 Å². The number of hydrogen-bond acceptors (Lipinski definition) is 6. The number of likely N-dealkylation sites (N-methyl/N-ethyl adjacent to an activating group) is 1. The third-order valence-electron chi connectivity index (χ3n) is 6.78. The lowest BCUT2D eigenvalue weighted by Crippen LogP contribution is -2.25. The maximum atomic E-state index is 12.4. The molecular weight excluding hydrogens is 426 g/mol. The van der Waals surface area contributed by atoms with E-state index in [9.17, 15) is 4.79 Å². The van der Waals surface area contributed by atoms with Crippen LogP contribution in [0.1, 0.15) is 42.1 Å². The Morgan fingerprint density at radius 1 is 1.15 bits per heavy atom. The third kappa shape index (κ3) is 4.16. The summed E-state index contributed by atoms with van der Waals surface area (Å²) in [7, 11) is 5.52. The molecule has 1 amide bonds. The number of nitrogens with zero attached hydrogens (tertiary/aromatic N) is 6. The first-order valence-electron chi connectivity index (χ1n) is 11.8. The zero-order chi connectivity index (χ0) is 23.8. The lowest BCUT2D eigenvalue weighted by Gasteiger charge is -2.25. The van der Waals surface area contributed by atoms with E-state index >= 15 is 0 Å². The molecule has 0 saturated heterocycles. The molecule has 3 heterocycles. The van der Waals surface area contributed by atoms with Gasteiger partial charge < -0.3 is 10.2 Å². The second-order valence-electron chi connectivity index (χ2n) is 9.41. The van der Waals surface area contributed by atoms with Crippen molar-refractivity contribution in [2.45, 2.75) is 37.9 Å². The van der Waals surface area contributed by atoms with Crippen molar-refractivity contribution in [2.75, 3.05) is 26.0 Å². The van der Waals surface area contributed by atoms with Gasteiger partial charge in [0, 0.05) is 45.1 Å². The highest BCUT2D eigenvalue weighted by Gasteiger charge is 2.37. The van der Waals surface area contributed by atoms with E-state index in [1.807, 2.05) is 42.3 Å². The van der Waals surface area contributed by atoms with E-state index < -0.39 is 0 Å². The van der Waals surface area contributed by atoms with E-state index in [0.717, 1.165) is 35.3 Å². The van der Waals surface area contributed by atoms with Crippen molar-refractivity contribution in [3.8, 4) is 11.1 Å². The molecule has 0 spiro atoms. The number of amides is 1.